The highest BCUT2D eigenvalue weighted by Gasteiger charge is 2.20. The first-order valence-electron chi connectivity index (χ1n) is 6.00. The Kier molecular flexibility index (Phi) is 5.47. The van der Waals surface area contributed by atoms with Crippen molar-refractivity contribution in [3.63, 3.8) is 0 Å². The maximum atomic E-state index is 12.1. The van der Waals surface area contributed by atoms with E-state index >= 15 is 0 Å². The average molecular weight is 315 g/mol. The second-order valence-corrected chi connectivity index (χ2v) is 4.72. The summed E-state index contributed by atoms with van der Waals surface area (Å²) >= 11 is 3.35. The number of likely N-dealkylation sites (N-methyl/N-ethyl adjacent to an activating group) is 1. The molecule has 0 bridgehead atoms. The molecule has 0 saturated heterocycles. The third-order valence-electron chi connectivity index (χ3n) is 2.72. The molecule has 5 heteroatoms. The van der Waals surface area contributed by atoms with Gasteiger partial charge in [0.15, 0.2) is 6.10 Å². The van der Waals surface area contributed by atoms with E-state index in [1.807, 2.05) is 13.8 Å². The number of nitrogens with two attached hydrogens (primary N) is 1. The third kappa shape index (κ3) is 3.38. The van der Waals surface area contributed by atoms with Crippen LogP contribution in [0.1, 0.15) is 20.8 Å². The number of amides is 1. The van der Waals surface area contributed by atoms with Gasteiger partial charge in [-0.25, -0.2) is 0 Å². The van der Waals surface area contributed by atoms with Gasteiger partial charge < -0.3 is 15.4 Å². The lowest BCUT2D eigenvalue weighted by atomic mass is 10.3. The Bertz CT molecular complexity index is 419. The van der Waals surface area contributed by atoms with Crippen LogP contribution in [0.25, 0.3) is 0 Å². The quantitative estimate of drug-likeness (QED) is 0.850. The standard InChI is InChI=1S/C13H19BrN2O2/c1-4-16(5-2)13(17)9(3)18-11-8-6-7-10(15)12(11)14/h6-9H,4-5,15H2,1-3H3. The maximum absolute atomic E-state index is 12.1. The zero-order chi connectivity index (χ0) is 13.7. The molecule has 2 N–H and O–H groups in total. The summed E-state index contributed by atoms with van der Waals surface area (Å²) in [5, 5.41) is 0. The second kappa shape index (κ2) is 6.64. The SMILES string of the molecule is CCN(CC)C(=O)C(C)Oc1cccc(N)c1Br. The molecule has 0 aliphatic carbocycles. The number of rotatable bonds is 5. The lowest BCUT2D eigenvalue weighted by Gasteiger charge is -2.23. The van der Waals surface area contributed by atoms with Gasteiger partial charge in [-0.05, 0) is 48.8 Å². The predicted octanol–water partition coefficient (Wildman–Crippen LogP) is 2.67. The van der Waals surface area contributed by atoms with Gasteiger partial charge >= 0.3 is 0 Å². The first-order chi connectivity index (χ1) is 8.51. The molecule has 1 unspecified atom stereocenters. The molecule has 0 aromatic heterocycles. The van der Waals surface area contributed by atoms with E-state index in [0.717, 1.165) is 0 Å². The fourth-order valence-corrected chi connectivity index (χ4v) is 2.01. The normalized spacial score (nSPS) is 12.0. The number of anilines is 1. The highest BCUT2D eigenvalue weighted by atomic mass is 79.9. The fraction of sp³-hybridized carbons (Fsp3) is 0.462. The fourth-order valence-electron chi connectivity index (χ4n) is 1.65. The first kappa shape index (κ1) is 14.8. The van der Waals surface area contributed by atoms with Crippen molar-refractivity contribution in [1.82, 2.24) is 4.90 Å². The first-order valence-corrected chi connectivity index (χ1v) is 6.79. The van der Waals surface area contributed by atoms with Crippen LogP contribution in [0, 0.1) is 0 Å². The highest BCUT2D eigenvalue weighted by Crippen LogP contribution is 2.31. The highest BCUT2D eigenvalue weighted by molar-refractivity contribution is 9.10. The molecule has 0 fully saturated rings. The van der Waals surface area contributed by atoms with Crippen molar-refractivity contribution in [3.05, 3.63) is 22.7 Å². The van der Waals surface area contributed by atoms with E-state index in [1.54, 1.807) is 30.0 Å². The molecular weight excluding hydrogens is 296 g/mol. The van der Waals surface area contributed by atoms with Crippen molar-refractivity contribution in [3.8, 4) is 5.75 Å². The smallest absolute Gasteiger partial charge is 0.263 e. The number of carbonyl (C=O) groups excluding carboxylic acids is 1. The summed E-state index contributed by atoms with van der Waals surface area (Å²) in [5.74, 6) is 0.567. The van der Waals surface area contributed by atoms with Gasteiger partial charge in [0.25, 0.3) is 5.91 Å². The van der Waals surface area contributed by atoms with E-state index in [1.165, 1.54) is 0 Å². The van der Waals surface area contributed by atoms with Crippen LogP contribution in [-0.2, 0) is 4.79 Å². The Balaban J connectivity index is 2.78. The topological polar surface area (TPSA) is 55.6 Å². The van der Waals surface area contributed by atoms with E-state index in [0.29, 0.717) is 29.0 Å². The van der Waals surface area contributed by atoms with Crippen LogP contribution < -0.4 is 10.5 Å². The van der Waals surface area contributed by atoms with Gasteiger partial charge in [0, 0.05) is 18.8 Å². The monoisotopic (exact) mass is 314 g/mol. The Morgan fingerprint density at radius 2 is 2.06 bits per heavy atom. The van der Waals surface area contributed by atoms with Crippen molar-refractivity contribution in [1.29, 1.82) is 0 Å². The van der Waals surface area contributed by atoms with E-state index < -0.39 is 6.10 Å². The number of hydrogen-bond acceptors (Lipinski definition) is 3. The summed E-state index contributed by atoms with van der Waals surface area (Å²) in [5.41, 5.74) is 6.35. The van der Waals surface area contributed by atoms with Gasteiger partial charge in [0.2, 0.25) is 0 Å². The molecule has 100 valence electrons. The maximum Gasteiger partial charge on any atom is 0.263 e. The van der Waals surface area contributed by atoms with E-state index in [9.17, 15) is 4.79 Å². The van der Waals surface area contributed by atoms with Crippen LogP contribution in [-0.4, -0.2) is 30.0 Å². The van der Waals surface area contributed by atoms with Gasteiger partial charge in [-0.1, -0.05) is 6.07 Å². The lowest BCUT2D eigenvalue weighted by molar-refractivity contribution is -0.137. The zero-order valence-corrected chi connectivity index (χ0v) is 12.5. The Morgan fingerprint density at radius 1 is 1.44 bits per heavy atom. The molecule has 1 atom stereocenters. The molecule has 0 spiro atoms. The van der Waals surface area contributed by atoms with Gasteiger partial charge in [-0.3, -0.25) is 4.79 Å². The van der Waals surface area contributed by atoms with Gasteiger partial charge in [-0.2, -0.15) is 0 Å². The largest absolute Gasteiger partial charge is 0.480 e. The molecule has 1 aromatic carbocycles. The summed E-state index contributed by atoms with van der Waals surface area (Å²) < 4.78 is 6.34. The number of halogens is 1. The number of carbonyl (C=O) groups is 1. The number of benzene rings is 1. The molecule has 0 aliphatic heterocycles. The van der Waals surface area contributed by atoms with Crippen molar-refractivity contribution in [2.45, 2.75) is 26.9 Å². The molecule has 0 saturated carbocycles. The Labute approximate surface area is 116 Å². The summed E-state index contributed by atoms with van der Waals surface area (Å²) in [6.07, 6.45) is -0.525. The van der Waals surface area contributed by atoms with E-state index in [4.69, 9.17) is 10.5 Å². The second-order valence-electron chi connectivity index (χ2n) is 3.93. The number of nitrogens with zero attached hydrogens (tertiary/aromatic N) is 1. The minimum absolute atomic E-state index is 0.0191. The molecule has 4 nitrogen and oxygen atoms in total. The molecule has 18 heavy (non-hydrogen) atoms. The zero-order valence-electron chi connectivity index (χ0n) is 10.9. The molecule has 1 aromatic rings. The van der Waals surface area contributed by atoms with Crippen LogP contribution >= 0.6 is 15.9 Å². The van der Waals surface area contributed by atoms with Crippen LogP contribution in [0.4, 0.5) is 5.69 Å². The molecule has 0 radical (unpaired) electrons. The molecular formula is C13H19BrN2O2. The van der Waals surface area contributed by atoms with E-state index in [-0.39, 0.29) is 5.91 Å². The van der Waals surface area contributed by atoms with Gasteiger partial charge in [0.05, 0.1) is 4.47 Å². The minimum Gasteiger partial charge on any atom is -0.480 e. The van der Waals surface area contributed by atoms with Crippen LogP contribution in [0.15, 0.2) is 22.7 Å². The number of nitrogen functional groups attached to an aromatic ring is 1. The lowest BCUT2D eigenvalue weighted by Crippen LogP contribution is -2.40. The van der Waals surface area contributed by atoms with Crippen LogP contribution in [0.3, 0.4) is 0 Å². The van der Waals surface area contributed by atoms with Gasteiger partial charge in [-0.15, -0.1) is 0 Å². The number of hydrogen-bond donors (Lipinski definition) is 1. The van der Waals surface area contributed by atoms with Crippen molar-refractivity contribution in [2.75, 3.05) is 18.8 Å². The third-order valence-corrected chi connectivity index (χ3v) is 3.57. The van der Waals surface area contributed by atoms with Crippen LogP contribution in [0.2, 0.25) is 0 Å². The summed E-state index contributed by atoms with van der Waals surface area (Å²) in [6.45, 7) is 7.01. The Hall–Kier alpha value is -1.23. The van der Waals surface area contributed by atoms with Crippen molar-refractivity contribution < 1.29 is 9.53 Å². The number of ether oxygens (including phenoxy) is 1. The molecule has 1 rings (SSSR count). The predicted molar refractivity (Wildman–Crippen MR) is 76.6 cm³/mol. The summed E-state index contributed by atoms with van der Waals surface area (Å²) in [6, 6.07) is 5.35. The van der Waals surface area contributed by atoms with Crippen molar-refractivity contribution >= 4 is 27.5 Å². The van der Waals surface area contributed by atoms with Crippen molar-refractivity contribution in [2.24, 2.45) is 0 Å². The van der Waals surface area contributed by atoms with E-state index in [2.05, 4.69) is 15.9 Å². The van der Waals surface area contributed by atoms with Crippen LogP contribution in [0.5, 0.6) is 5.75 Å². The minimum atomic E-state index is -0.525. The molecule has 0 aliphatic rings. The summed E-state index contributed by atoms with van der Waals surface area (Å²) in [7, 11) is 0. The van der Waals surface area contributed by atoms with Gasteiger partial charge in [0.1, 0.15) is 5.75 Å². The molecule has 1 amide bonds. The average Bonchev–Trinajstić information content (AvgIpc) is 2.36. The summed E-state index contributed by atoms with van der Waals surface area (Å²) in [4.78, 5) is 13.8. The molecule has 0 heterocycles. The Morgan fingerprint density at radius 3 is 2.61 bits per heavy atom.